The Labute approximate surface area is 79.4 Å². The van der Waals surface area contributed by atoms with Gasteiger partial charge in [0, 0.05) is 5.56 Å². The maximum Gasteiger partial charge on any atom is 0.123 e. The zero-order valence-electron chi connectivity index (χ0n) is 7.24. The Morgan fingerprint density at radius 3 is 2.93 bits per heavy atom. The van der Waals surface area contributed by atoms with Crippen molar-refractivity contribution in [2.45, 2.75) is 6.61 Å². The smallest absolute Gasteiger partial charge is 0.123 e. The molecule has 0 aliphatic carbocycles. The highest BCUT2D eigenvalue weighted by Crippen LogP contribution is 2.19. The monoisotopic (exact) mass is 193 g/mol. The predicted molar refractivity (Wildman–Crippen MR) is 47.7 cm³/mol. The molecule has 2 aromatic rings. The summed E-state index contributed by atoms with van der Waals surface area (Å²) in [5.74, 6) is -0.339. The Kier molecular flexibility index (Phi) is 2.24. The van der Waals surface area contributed by atoms with E-state index in [0.29, 0.717) is 17.0 Å². The Hall–Kier alpha value is -1.75. The molecule has 0 saturated carbocycles. The minimum atomic E-state index is -0.339. The molecular weight excluding hydrogens is 185 g/mol. The summed E-state index contributed by atoms with van der Waals surface area (Å²) in [7, 11) is 0. The molecule has 0 aliphatic heterocycles. The summed E-state index contributed by atoms with van der Waals surface area (Å²) in [5.41, 5.74) is 1.49. The molecule has 0 fully saturated rings. The largest absolute Gasteiger partial charge is 0.390 e. The molecule has 4 nitrogen and oxygen atoms in total. The van der Waals surface area contributed by atoms with E-state index in [1.54, 1.807) is 12.1 Å². The van der Waals surface area contributed by atoms with Crippen molar-refractivity contribution in [1.82, 2.24) is 15.4 Å². The van der Waals surface area contributed by atoms with Gasteiger partial charge < -0.3 is 5.11 Å². The molecule has 5 heteroatoms. The number of benzene rings is 1. The van der Waals surface area contributed by atoms with Gasteiger partial charge in [-0.15, -0.1) is 0 Å². The van der Waals surface area contributed by atoms with Crippen LogP contribution in [0.1, 0.15) is 5.69 Å². The first-order valence-corrected chi connectivity index (χ1v) is 4.07. The fourth-order valence-corrected chi connectivity index (χ4v) is 1.23. The lowest BCUT2D eigenvalue weighted by Crippen LogP contribution is -1.88. The lowest BCUT2D eigenvalue weighted by atomic mass is 10.1. The number of H-pyrrole nitrogens is 1. The summed E-state index contributed by atoms with van der Waals surface area (Å²) < 4.78 is 12.9. The van der Waals surface area contributed by atoms with Crippen LogP contribution in [0.3, 0.4) is 0 Å². The number of hydrogen-bond acceptors (Lipinski definition) is 3. The molecule has 0 aliphatic rings. The van der Waals surface area contributed by atoms with Crippen LogP contribution >= 0.6 is 0 Å². The van der Waals surface area contributed by atoms with Crippen LogP contribution in [0.2, 0.25) is 0 Å². The SMILES string of the molecule is OCc1n[nH]nc1-c1cccc(F)c1. The van der Waals surface area contributed by atoms with Crippen LogP contribution in [0.25, 0.3) is 11.3 Å². The molecule has 2 rings (SSSR count). The minimum absolute atomic E-state index is 0.220. The number of aromatic nitrogens is 3. The van der Waals surface area contributed by atoms with Gasteiger partial charge in [-0.3, -0.25) is 0 Å². The van der Waals surface area contributed by atoms with E-state index in [-0.39, 0.29) is 12.4 Å². The van der Waals surface area contributed by atoms with Gasteiger partial charge in [0.1, 0.15) is 17.2 Å². The standard InChI is InChI=1S/C9H8FN3O/c10-7-3-1-2-6(4-7)9-8(5-14)11-13-12-9/h1-4,14H,5H2,(H,11,12,13). The van der Waals surface area contributed by atoms with E-state index in [1.807, 2.05) is 0 Å². The molecule has 0 saturated heterocycles. The number of rotatable bonds is 2. The summed E-state index contributed by atoms with van der Waals surface area (Å²) in [6, 6.07) is 5.99. The number of hydrogen-bond donors (Lipinski definition) is 2. The molecule has 0 amide bonds. The highest BCUT2D eigenvalue weighted by atomic mass is 19.1. The van der Waals surface area contributed by atoms with E-state index in [9.17, 15) is 4.39 Å². The van der Waals surface area contributed by atoms with Gasteiger partial charge in [-0.1, -0.05) is 12.1 Å². The Morgan fingerprint density at radius 2 is 2.21 bits per heavy atom. The van der Waals surface area contributed by atoms with Crippen molar-refractivity contribution in [1.29, 1.82) is 0 Å². The van der Waals surface area contributed by atoms with Crippen LogP contribution < -0.4 is 0 Å². The van der Waals surface area contributed by atoms with Crippen molar-refractivity contribution >= 4 is 0 Å². The molecule has 0 atom stereocenters. The second kappa shape index (κ2) is 3.55. The van der Waals surface area contributed by atoms with Crippen LogP contribution in [0.4, 0.5) is 4.39 Å². The van der Waals surface area contributed by atoms with E-state index < -0.39 is 0 Å². The summed E-state index contributed by atoms with van der Waals surface area (Å²) >= 11 is 0. The van der Waals surface area contributed by atoms with Gasteiger partial charge in [0.25, 0.3) is 0 Å². The molecule has 0 spiro atoms. The third-order valence-electron chi connectivity index (χ3n) is 1.87. The number of aromatic amines is 1. The Bertz CT molecular complexity index is 441. The van der Waals surface area contributed by atoms with Crippen molar-refractivity contribution in [3.63, 3.8) is 0 Å². The highest BCUT2D eigenvalue weighted by Gasteiger charge is 2.09. The first kappa shape index (κ1) is 8.83. The summed E-state index contributed by atoms with van der Waals surface area (Å²) in [6.45, 7) is -0.220. The molecule has 0 bridgehead atoms. The van der Waals surface area contributed by atoms with Crippen molar-refractivity contribution in [2.75, 3.05) is 0 Å². The summed E-state index contributed by atoms with van der Waals surface area (Å²) in [6.07, 6.45) is 0. The highest BCUT2D eigenvalue weighted by molar-refractivity contribution is 5.60. The number of halogens is 1. The van der Waals surface area contributed by atoms with Gasteiger partial charge in [0.2, 0.25) is 0 Å². The number of aliphatic hydroxyl groups excluding tert-OH is 1. The average molecular weight is 193 g/mol. The van der Waals surface area contributed by atoms with Gasteiger partial charge in [-0.25, -0.2) is 4.39 Å². The molecule has 14 heavy (non-hydrogen) atoms. The molecule has 1 aromatic carbocycles. The lowest BCUT2D eigenvalue weighted by molar-refractivity contribution is 0.277. The van der Waals surface area contributed by atoms with Crippen LogP contribution in [0.5, 0.6) is 0 Å². The fraction of sp³-hybridized carbons (Fsp3) is 0.111. The van der Waals surface area contributed by atoms with Gasteiger partial charge >= 0.3 is 0 Å². The fourth-order valence-electron chi connectivity index (χ4n) is 1.23. The first-order valence-electron chi connectivity index (χ1n) is 4.07. The van der Waals surface area contributed by atoms with E-state index in [1.165, 1.54) is 12.1 Å². The second-order valence-electron chi connectivity index (χ2n) is 2.79. The second-order valence-corrected chi connectivity index (χ2v) is 2.79. The van der Waals surface area contributed by atoms with Crippen molar-refractivity contribution in [3.05, 3.63) is 35.8 Å². The first-order chi connectivity index (χ1) is 6.81. The van der Waals surface area contributed by atoms with Gasteiger partial charge in [0.05, 0.1) is 6.61 Å². The average Bonchev–Trinajstić information content (AvgIpc) is 2.65. The zero-order chi connectivity index (χ0) is 9.97. The van der Waals surface area contributed by atoms with Crippen molar-refractivity contribution in [3.8, 4) is 11.3 Å². The molecular formula is C9H8FN3O. The predicted octanol–water partition coefficient (Wildman–Crippen LogP) is 1.10. The third kappa shape index (κ3) is 1.49. The van der Waals surface area contributed by atoms with E-state index in [2.05, 4.69) is 15.4 Å². The number of nitrogens with zero attached hydrogens (tertiary/aromatic N) is 2. The van der Waals surface area contributed by atoms with Crippen molar-refractivity contribution < 1.29 is 9.50 Å². The normalized spacial score (nSPS) is 10.4. The minimum Gasteiger partial charge on any atom is -0.390 e. The molecule has 1 heterocycles. The summed E-state index contributed by atoms with van der Waals surface area (Å²) in [5, 5.41) is 18.9. The lowest BCUT2D eigenvalue weighted by Gasteiger charge is -1.97. The van der Waals surface area contributed by atoms with E-state index >= 15 is 0 Å². The summed E-state index contributed by atoms with van der Waals surface area (Å²) in [4.78, 5) is 0. The van der Waals surface area contributed by atoms with Crippen LogP contribution in [-0.4, -0.2) is 20.5 Å². The molecule has 2 N–H and O–H groups in total. The van der Waals surface area contributed by atoms with Crippen molar-refractivity contribution in [2.24, 2.45) is 0 Å². The molecule has 0 unspecified atom stereocenters. The zero-order valence-corrected chi connectivity index (χ0v) is 7.24. The van der Waals surface area contributed by atoms with E-state index in [4.69, 9.17) is 5.11 Å². The third-order valence-corrected chi connectivity index (χ3v) is 1.87. The van der Waals surface area contributed by atoms with Gasteiger partial charge in [-0.05, 0) is 12.1 Å². The van der Waals surface area contributed by atoms with Crippen LogP contribution in [0.15, 0.2) is 24.3 Å². The molecule has 1 aromatic heterocycles. The van der Waals surface area contributed by atoms with Gasteiger partial charge in [0.15, 0.2) is 0 Å². The maximum absolute atomic E-state index is 12.9. The van der Waals surface area contributed by atoms with E-state index in [0.717, 1.165) is 0 Å². The Balaban J connectivity index is 2.49. The molecule has 72 valence electrons. The Morgan fingerprint density at radius 1 is 1.36 bits per heavy atom. The topological polar surface area (TPSA) is 61.8 Å². The molecule has 0 radical (unpaired) electrons. The maximum atomic E-state index is 12.9. The van der Waals surface area contributed by atoms with Crippen LogP contribution in [0, 0.1) is 5.82 Å². The quantitative estimate of drug-likeness (QED) is 0.750. The van der Waals surface area contributed by atoms with Gasteiger partial charge in [-0.2, -0.15) is 15.4 Å². The number of nitrogens with one attached hydrogen (secondary N) is 1. The van der Waals surface area contributed by atoms with Crippen LogP contribution in [-0.2, 0) is 6.61 Å². The number of aliphatic hydroxyl groups is 1.